The normalized spacial score (nSPS) is 19.7. The van der Waals surface area contributed by atoms with Gasteiger partial charge in [-0.2, -0.15) is 0 Å². The second-order valence-electron chi connectivity index (χ2n) is 6.92. The predicted octanol–water partition coefficient (Wildman–Crippen LogP) is 2.89. The van der Waals surface area contributed by atoms with E-state index in [-0.39, 0.29) is 5.60 Å². The zero-order valence-corrected chi connectivity index (χ0v) is 16.1. The number of guanidine groups is 1. The van der Waals surface area contributed by atoms with Gasteiger partial charge in [0, 0.05) is 38.5 Å². The van der Waals surface area contributed by atoms with Crippen LogP contribution in [0.3, 0.4) is 0 Å². The molecule has 1 aromatic heterocycles. The van der Waals surface area contributed by atoms with Gasteiger partial charge in [-0.15, -0.1) is 0 Å². The fourth-order valence-electron chi connectivity index (χ4n) is 3.06. The minimum Gasteiger partial charge on any atom is -0.473 e. The van der Waals surface area contributed by atoms with Crippen molar-refractivity contribution in [2.75, 3.05) is 20.2 Å². The molecule has 27 heavy (non-hydrogen) atoms. The van der Waals surface area contributed by atoms with Crippen LogP contribution >= 0.6 is 0 Å². The molecule has 1 fully saturated rings. The van der Waals surface area contributed by atoms with Gasteiger partial charge in [0.2, 0.25) is 5.88 Å². The second-order valence-corrected chi connectivity index (χ2v) is 6.92. The van der Waals surface area contributed by atoms with Gasteiger partial charge in [0.15, 0.2) is 5.96 Å². The van der Waals surface area contributed by atoms with E-state index in [0.717, 1.165) is 43.1 Å². The Kier molecular flexibility index (Phi) is 6.65. The van der Waals surface area contributed by atoms with Crippen molar-refractivity contribution in [1.82, 2.24) is 15.6 Å². The van der Waals surface area contributed by atoms with Crippen molar-refractivity contribution in [3.8, 4) is 5.88 Å². The van der Waals surface area contributed by atoms with E-state index < -0.39 is 0 Å². The maximum absolute atomic E-state index is 5.92. The number of hydrogen-bond acceptors (Lipinski definition) is 4. The van der Waals surface area contributed by atoms with E-state index in [1.807, 2.05) is 42.5 Å². The maximum Gasteiger partial charge on any atom is 0.218 e. The molecule has 0 radical (unpaired) electrons. The van der Waals surface area contributed by atoms with Crippen molar-refractivity contribution in [2.24, 2.45) is 4.99 Å². The average Bonchev–Trinajstić information content (AvgIpc) is 3.15. The molecule has 1 atom stereocenters. The number of rotatable bonds is 7. The number of nitrogens with one attached hydrogen (secondary N) is 2. The summed E-state index contributed by atoms with van der Waals surface area (Å²) in [6.45, 7) is 4.78. The van der Waals surface area contributed by atoms with Crippen molar-refractivity contribution in [3.05, 3.63) is 59.8 Å². The lowest BCUT2D eigenvalue weighted by atomic mass is 10.0. The van der Waals surface area contributed by atoms with Crippen LogP contribution in [0.1, 0.15) is 30.9 Å². The Labute approximate surface area is 161 Å². The molecule has 0 amide bonds. The van der Waals surface area contributed by atoms with E-state index in [4.69, 9.17) is 9.47 Å². The minimum atomic E-state index is -0.115. The topological polar surface area (TPSA) is 67.8 Å². The first-order valence-corrected chi connectivity index (χ1v) is 9.38. The summed E-state index contributed by atoms with van der Waals surface area (Å²) in [6, 6.07) is 14.0. The first-order valence-electron chi connectivity index (χ1n) is 9.38. The molecule has 0 bridgehead atoms. The number of hydrogen-bond donors (Lipinski definition) is 2. The monoisotopic (exact) mass is 368 g/mol. The highest BCUT2D eigenvalue weighted by Gasteiger charge is 2.29. The number of ether oxygens (including phenoxy) is 2. The van der Waals surface area contributed by atoms with Gasteiger partial charge in [0.25, 0.3) is 0 Å². The summed E-state index contributed by atoms with van der Waals surface area (Å²) < 4.78 is 11.7. The van der Waals surface area contributed by atoms with Crippen LogP contribution in [0.5, 0.6) is 5.88 Å². The lowest BCUT2D eigenvalue weighted by Crippen LogP contribution is -2.45. The molecule has 1 unspecified atom stereocenters. The van der Waals surface area contributed by atoms with Gasteiger partial charge in [0.05, 0.1) is 5.60 Å². The van der Waals surface area contributed by atoms with Crippen LogP contribution in [0.4, 0.5) is 0 Å². The summed E-state index contributed by atoms with van der Waals surface area (Å²) in [5.74, 6) is 1.37. The molecule has 1 aliphatic rings. The van der Waals surface area contributed by atoms with Crippen LogP contribution in [0.2, 0.25) is 0 Å². The Morgan fingerprint density at radius 3 is 2.81 bits per heavy atom. The van der Waals surface area contributed by atoms with Gasteiger partial charge in [0.1, 0.15) is 6.61 Å². The number of aliphatic imine (C=N–C) groups is 1. The summed E-state index contributed by atoms with van der Waals surface area (Å²) in [6.07, 6.45) is 3.92. The van der Waals surface area contributed by atoms with Gasteiger partial charge in [-0.05, 0) is 31.4 Å². The quantitative estimate of drug-likeness (QED) is 0.581. The maximum atomic E-state index is 5.92. The highest BCUT2D eigenvalue weighted by atomic mass is 16.5. The van der Waals surface area contributed by atoms with Crippen LogP contribution in [0.25, 0.3) is 0 Å². The Bertz CT molecular complexity index is 743. The van der Waals surface area contributed by atoms with Gasteiger partial charge in [-0.25, -0.2) is 4.98 Å². The smallest absolute Gasteiger partial charge is 0.218 e. The third-order valence-electron chi connectivity index (χ3n) is 4.67. The summed E-state index contributed by atoms with van der Waals surface area (Å²) in [4.78, 5) is 8.67. The van der Waals surface area contributed by atoms with E-state index in [1.54, 1.807) is 13.2 Å². The first kappa shape index (κ1) is 19.2. The van der Waals surface area contributed by atoms with E-state index in [2.05, 4.69) is 27.5 Å². The lowest BCUT2D eigenvalue weighted by molar-refractivity contribution is 0.0243. The molecule has 1 aromatic carbocycles. The van der Waals surface area contributed by atoms with Crippen LogP contribution in [-0.4, -0.2) is 36.7 Å². The fourth-order valence-corrected chi connectivity index (χ4v) is 3.06. The van der Waals surface area contributed by atoms with Gasteiger partial charge in [-0.3, -0.25) is 4.99 Å². The molecule has 0 aliphatic carbocycles. The SMILES string of the molecule is CN=C(NCc1cccnc1OCc1ccccc1)NCC1(C)CCCO1. The Balaban J connectivity index is 1.53. The first-order chi connectivity index (χ1) is 13.2. The summed E-state index contributed by atoms with van der Waals surface area (Å²) >= 11 is 0. The third kappa shape index (κ3) is 5.69. The lowest BCUT2D eigenvalue weighted by Gasteiger charge is -2.24. The molecule has 1 aliphatic heterocycles. The van der Waals surface area contributed by atoms with Gasteiger partial charge < -0.3 is 20.1 Å². The molecule has 2 N–H and O–H groups in total. The Morgan fingerprint density at radius 1 is 1.22 bits per heavy atom. The van der Waals surface area contributed by atoms with Crippen LogP contribution < -0.4 is 15.4 Å². The van der Waals surface area contributed by atoms with Crippen LogP contribution in [-0.2, 0) is 17.9 Å². The van der Waals surface area contributed by atoms with Gasteiger partial charge in [-0.1, -0.05) is 36.4 Å². The zero-order chi connectivity index (χ0) is 19.0. The molecule has 144 valence electrons. The molecule has 1 saturated heterocycles. The van der Waals surface area contributed by atoms with Crippen molar-refractivity contribution < 1.29 is 9.47 Å². The number of benzene rings is 1. The molecule has 2 heterocycles. The zero-order valence-electron chi connectivity index (χ0n) is 16.1. The second kappa shape index (κ2) is 9.37. The van der Waals surface area contributed by atoms with E-state index in [1.165, 1.54) is 0 Å². The highest BCUT2D eigenvalue weighted by molar-refractivity contribution is 5.79. The number of pyridine rings is 1. The van der Waals surface area contributed by atoms with Crippen molar-refractivity contribution >= 4 is 5.96 Å². The van der Waals surface area contributed by atoms with Crippen LogP contribution in [0, 0.1) is 0 Å². The standard InChI is InChI=1S/C21H28N4O2/c1-21(11-7-13-27-21)16-25-20(22-2)24-14-18-10-6-12-23-19(18)26-15-17-8-4-3-5-9-17/h3-6,8-10,12H,7,11,13-16H2,1-2H3,(H2,22,24,25). The number of aromatic nitrogens is 1. The average molecular weight is 368 g/mol. The molecule has 0 saturated carbocycles. The summed E-state index contributed by atoms with van der Waals surface area (Å²) in [5.41, 5.74) is 1.99. The molecule has 6 heteroatoms. The summed E-state index contributed by atoms with van der Waals surface area (Å²) in [5, 5.41) is 6.68. The number of nitrogens with zero attached hydrogens (tertiary/aromatic N) is 2. The van der Waals surface area contributed by atoms with E-state index >= 15 is 0 Å². The van der Waals surface area contributed by atoms with Crippen molar-refractivity contribution in [2.45, 2.75) is 38.5 Å². The molecule has 3 rings (SSSR count). The van der Waals surface area contributed by atoms with Crippen molar-refractivity contribution in [3.63, 3.8) is 0 Å². The Hall–Kier alpha value is -2.60. The van der Waals surface area contributed by atoms with E-state index in [0.29, 0.717) is 19.0 Å². The summed E-state index contributed by atoms with van der Waals surface area (Å²) in [7, 11) is 1.77. The molecule has 0 spiro atoms. The largest absolute Gasteiger partial charge is 0.473 e. The minimum absolute atomic E-state index is 0.115. The predicted molar refractivity (Wildman–Crippen MR) is 107 cm³/mol. The van der Waals surface area contributed by atoms with Gasteiger partial charge >= 0.3 is 0 Å². The van der Waals surface area contributed by atoms with Crippen LogP contribution in [0.15, 0.2) is 53.7 Å². The molecule has 2 aromatic rings. The fraction of sp³-hybridized carbons (Fsp3) is 0.429. The third-order valence-corrected chi connectivity index (χ3v) is 4.67. The molecule has 6 nitrogen and oxygen atoms in total. The molecular formula is C21H28N4O2. The Morgan fingerprint density at radius 2 is 2.07 bits per heavy atom. The van der Waals surface area contributed by atoms with E-state index in [9.17, 15) is 0 Å². The van der Waals surface area contributed by atoms with Crippen molar-refractivity contribution in [1.29, 1.82) is 0 Å². The molecular weight excluding hydrogens is 340 g/mol. The highest BCUT2D eigenvalue weighted by Crippen LogP contribution is 2.23.